The summed E-state index contributed by atoms with van der Waals surface area (Å²) in [7, 11) is 3.25. The van der Waals surface area contributed by atoms with Crippen LogP contribution in [0.3, 0.4) is 0 Å². The molecule has 0 saturated heterocycles. The molecule has 1 aromatic heterocycles. The maximum Gasteiger partial charge on any atom is 0.326 e. The van der Waals surface area contributed by atoms with E-state index in [0.717, 1.165) is 22.3 Å². The number of hydrogen-bond donors (Lipinski definition) is 0. The Morgan fingerprint density at radius 1 is 0.933 bits per heavy atom. The van der Waals surface area contributed by atoms with Crippen LogP contribution in [0.1, 0.15) is 5.76 Å². The van der Waals surface area contributed by atoms with Crippen molar-refractivity contribution in [2.45, 2.75) is 6.92 Å². The second-order valence-electron chi connectivity index (χ2n) is 3.33. The molecule has 3 heteroatoms. The minimum Gasteiger partial charge on any atom is -0.493 e. The van der Waals surface area contributed by atoms with Crippen molar-refractivity contribution in [2.75, 3.05) is 14.2 Å². The van der Waals surface area contributed by atoms with E-state index in [4.69, 9.17) is 13.9 Å². The molecule has 2 rings (SSSR count). The SMILES string of the molecule is COc1cc2c[o+]c(C)cc2cc1OC. The van der Waals surface area contributed by atoms with E-state index in [0.29, 0.717) is 5.75 Å². The number of rotatable bonds is 2. The molecule has 0 N–H and O–H groups in total. The van der Waals surface area contributed by atoms with Gasteiger partial charge in [0, 0.05) is 17.5 Å². The highest BCUT2D eigenvalue weighted by Gasteiger charge is 2.10. The summed E-state index contributed by atoms with van der Waals surface area (Å²) in [5.41, 5.74) is 0. The highest BCUT2D eigenvalue weighted by Crippen LogP contribution is 2.32. The predicted molar refractivity (Wildman–Crippen MR) is 58.5 cm³/mol. The van der Waals surface area contributed by atoms with Gasteiger partial charge in [0.2, 0.25) is 0 Å². The number of ether oxygens (including phenoxy) is 2. The zero-order valence-corrected chi connectivity index (χ0v) is 9.03. The average Bonchev–Trinajstić information content (AvgIpc) is 2.27. The maximum absolute atomic E-state index is 5.32. The van der Waals surface area contributed by atoms with Crippen molar-refractivity contribution in [3.63, 3.8) is 0 Å². The Morgan fingerprint density at radius 2 is 1.53 bits per heavy atom. The third kappa shape index (κ3) is 1.73. The van der Waals surface area contributed by atoms with Gasteiger partial charge >= 0.3 is 12.0 Å². The normalized spacial score (nSPS) is 10.3. The van der Waals surface area contributed by atoms with E-state index in [9.17, 15) is 0 Å². The molecule has 15 heavy (non-hydrogen) atoms. The fourth-order valence-corrected chi connectivity index (χ4v) is 1.55. The second kappa shape index (κ2) is 3.77. The molecule has 0 spiro atoms. The molecule has 0 radical (unpaired) electrons. The minimum absolute atomic E-state index is 0.712. The molecule has 78 valence electrons. The molecule has 0 aliphatic heterocycles. The van der Waals surface area contributed by atoms with Crippen LogP contribution in [0.5, 0.6) is 11.5 Å². The van der Waals surface area contributed by atoms with Crippen molar-refractivity contribution in [1.29, 1.82) is 0 Å². The molecule has 0 unspecified atom stereocenters. The van der Waals surface area contributed by atoms with E-state index in [1.165, 1.54) is 0 Å². The van der Waals surface area contributed by atoms with Gasteiger partial charge in [0.15, 0.2) is 11.5 Å². The first-order chi connectivity index (χ1) is 7.24. The van der Waals surface area contributed by atoms with Crippen molar-refractivity contribution < 1.29 is 13.9 Å². The Morgan fingerprint density at radius 3 is 2.13 bits per heavy atom. The van der Waals surface area contributed by atoms with Crippen LogP contribution in [-0.4, -0.2) is 14.2 Å². The van der Waals surface area contributed by atoms with E-state index >= 15 is 0 Å². The van der Waals surface area contributed by atoms with Gasteiger partial charge in [-0.2, -0.15) is 0 Å². The lowest BCUT2D eigenvalue weighted by molar-refractivity contribution is 0.355. The lowest BCUT2D eigenvalue weighted by Crippen LogP contribution is -1.90. The topological polar surface area (TPSA) is 29.8 Å². The second-order valence-corrected chi connectivity index (χ2v) is 3.33. The maximum atomic E-state index is 5.32. The summed E-state index contributed by atoms with van der Waals surface area (Å²) < 4.78 is 15.8. The van der Waals surface area contributed by atoms with Crippen LogP contribution in [0.2, 0.25) is 0 Å². The number of fused-ring (bicyclic) bond motifs is 1. The van der Waals surface area contributed by atoms with Crippen molar-refractivity contribution in [2.24, 2.45) is 0 Å². The first kappa shape index (κ1) is 9.77. The summed E-state index contributed by atoms with van der Waals surface area (Å²) in [6.45, 7) is 1.91. The summed E-state index contributed by atoms with van der Waals surface area (Å²) in [6, 6.07) is 5.81. The molecule has 1 heterocycles. The summed E-state index contributed by atoms with van der Waals surface area (Å²) in [5.74, 6) is 2.31. The smallest absolute Gasteiger partial charge is 0.326 e. The monoisotopic (exact) mass is 205 g/mol. The molecule has 0 amide bonds. The van der Waals surface area contributed by atoms with Crippen LogP contribution in [0.25, 0.3) is 10.8 Å². The molecule has 0 fully saturated rings. The minimum atomic E-state index is 0.712. The van der Waals surface area contributed by atoms with Crippen LogP contribution >= 0.6 is 0 Å². The first-order valence-electron chi connectivity index (χ1n) is 4.69. The summed E-state index contributed by atoms with van der Waals surface area (Å²) in [4.78, 5) is 0. The fraction of sp³-hybridized carbons (Fsp3) is 0.250. The van der Waals surface area contributed by atoms with Gasteiger partial charge < -0.3 is 9.47 Å². The van der Waals surface area contributed by atoms with E-state index in [1.807, 2.05) is 25.1 Å². The van der Waals surface area contributed by atoms with Gasteiger partial charge in [0.1, 0.15) is 0 Å². The van der Waals surface area contributed by atoms with Crippen LogP contribution in [0, 0.1) is 6.92 Å². The van der Waals surface area contributed by atoms with Crippen LogP contribution in [-0.2, 0) is 0 Å². The van der Waals surface area contributed by atoms with Gasteiger partial charge in [0.05, 0.1) is 26.5 Å². The Balaban J connectivity index is 2.69. The van der Waals surface area contributed by atoms with Crippen LogP contribution < -0.4 is 9.47 Å². The van der Waals surface area contributed by atoms with E-state index in [2.05, 4.69) is 0 Å². The van der Waals surface area contributed by atoms with Gasteiger partial charge in [-0.25, -0.2) is 4.42 Å². The average molecular weight is 205 g/mol. The van der Waals surface area contributed by atoms with Gasteiger partial charge in [-0.3, -0.25) is 0 Å². The molecule has 3 nitrogen and oxygen atoms in total. The standard InChI is InChI=1S/C12H13O3/c1-8-4-9-5-11(13-2)12(14-3)6-10(9)7-15-8/h4-7H,1-3H3/q+1. The molecular formula is C12H13O3+. The summed E-state index contributed by atoms with van der Waals surface area (Å²) in [6.07, 6.45) is 1.71. The van der Waals surface area contributed by atoms with Gasteiger partial charge in [-0.15, -0.1) is 0 Å². The lowest BCUT2D eigenvalue weighted by atomic mass is 10.1. The molecule has 1 aromatic carbocycles. The zero-order valence-electron chi connectivity index (χ0n) is 9.03. The third-order valence-corrected chi connectivity index (χ3v) is 2.32. The number of aryl methyl sites for hydroxylation is 1. The fourth-order valence-electron chi connectivity index (χ4n) is 1.55. The molecule has 2 aromatic rings. The largest absolute Gasteiger partial charge is 0.493 e. The lowest BCUT2D eigenvalue weighted by Gasteiger charge is -2.07. The first-order valence-corrected chi connectivity index (χ1v) is 4.69. The number of benzene rings is 1. The zero-order chi connectivity index (χ0) is 10.8. The van der Waals surface area contributed by atoms with Crippen molar-refractivity contribution in [3.05, 3.63) is 30.2 Å². The Kier molecular flexibility index (Phi) is 2.46. The predicted octanol–water partition coefficient (Wildman–Crippen LogP) is 3.04. The third-order valence-electron chi connectivity index (χ3n) is 2.32. The number of methoxy groups -OCH3 is 2. The van der Waals surface area contributed by atoms with Gasteiger partial charge in [0.25, 0.3) is 0 Å². The molecule has 0 bridgehead atoms. The Labute approximate surface area is 88.2 Å². The molecule has 0 aliphatic carbocycles. The number of hydrogen-bond acceptors (Lipinski definition) is 2. The summed E-state index contributed by atoms with van der Waals surface area (Å²) in [5, 5.41) is 2.08. The molecule has 0 aliphatic rings. The van der Waals surface area contributed by atoms with Gasteiger partial charge in [-0.05, 0) is 6.07 Å². The van der Waals surface area contributed by atoms with Crippen molar-refractivity contribution in [1.82, 2.24) is 0 Å². The molecule has 0 atom stereocenters. The molecule has 0 saturated carbocycles. The van der Waals surface area contributed by atoms with Crippen molar-refractivity contribution >= 4 is 10.8 Å². The van der Waals surface area contributed by atoms with Crippen LogP contribution in [0.4, 0.5) is 0 Å². The van der Waals surface area contributed by atoms with Gasteiger partial charge in [-0.1, -0.05) is 0 Å². The quantitative estimate of drug-likeness (QED) is 0.706. The van der Waals surface area contributed by atoms with E-state index < -0.39 is 0 Å². The Hall–Kier alpha value is -1.77. The summed E-state index contributed by atoms with van der Waals surface area (Å²) >= 11 is 0. The Bertz CT molecular complexity index is 491. The highest BCUT2D eigenvalue weighted by molar-refractivity contribution is 5.85. The van der Waals surface area contributed by atoms with Crippen molar-refractivity contribution in [3.8, 4) is 11.5 Å². The van der Waals surface area contributed by atoms with Crippen LogP contribution in [0.15, 0.2) is 28.9 Å². The highest BCUT2D eigenvalue weighted by atomic mass is 16.5. The molecular weight excluding hydrogens is 192 g/mol. The van der Waals surface area contributed by atoms with E-state index in [-0.39, 0.29) is 0 Å². The van der Waals surface area contributed by atoms with E-state index in [1.54, 1.807) is 20.5 Å².